The van der Waals surface area contributed by atoms with Gasteiger partial charge < -0.3 is 19.5 Å². The molecule has 6 nitrogen and oxygen atoms in total. The van der Waals surface area contributed by atoms with Crippen LogP contribution in [0.1, 0.15) is 74.7 Å². The van der Waals surface area contributed by atoms with E-state index in [1.807, 2.05) is 0 Å². The molecule has 1 atom stereocenters. The molecule has 3 rings (SSSR count). The number of carboxylic acid groups (broad SMARTS) is 1. The zero-order valence-electron chi connectivity index (χ0n) is 17.6. The van der Waals surface area contributed by atoms with Gasteiger partial charge in [-0.25, -0.2) is 18.4 Å². The number of carboxylic acids is 1. The minimum Gasteiger partial charge on any atom is -0.488 e. The second-order valence-electron chi connectivity index (χ2n) is 9.14. The summed E-state index contributed by atoms with van der Waals surface area (Å²) in [5.41, 5.74) is 0.177. The van der Waals surface area contributed by atoms with Crippen molar-refractivity contribution in [1.29, 1.82) is 0 Å². The van der Waals surface area contributed by atoms with Gasteiger partial charge in [0, 0.05) is 25.8 Å². The van der Waals surface area contributed by atoms with E-state index in [1.54, 1.807) is 31.7 Å². The number of alkyl halides is 2. The maximum Gasteiger partial charge on any atom is 0.410 e. The number of likely N-dealkylation sites (tertiary alicyclic amines) is 1. The Balaban J connectivity index is 1.73. The fraction of sp³-hybridized carbons (Fsp3) is 0.636. The van der Waals surface area contributed by atoms with Crippen molar-refractivity contribution < 1.29 is 33.0 Å². The third-order valence-electron chi connectivity index (χ3n) is 5.50. The summed E-state index contributed by atoms with van der Waals surface area (Å²) in [6.45, 7) is 6.27. The molecule has 2 aliphatic rings. The molecule has 0 aromatic heterocycles. The lowest BCUT2D eigenvalue weighted by atomic mass is 9.81. The molecule has 1 aromatic rings. The summed E-state index contributed by atoms with van der Waals surface area (Å²) in [6.07, 6.45) is 0.0698. The van der Waals surface area contributed by atoms with Crippen LogP contribution in [0.15, 0.2) is 18.2 Å². The van der Waals surface area contributed by atoms with E-state index in [0.29, 0.717) is 30.8 Å². The van der Waals surface area contributed by atoms with E-state index in [9.17, 15) is 23.5 Å². The first kappa shape index (κ1) is 22.3. The van der Waals surface area contributed by atoms with Crippen molar-refractivity contribution in [3.05, 3.63) is 29.3 Å². The van der Waals surface area contributed by atoms with Crippen LogP contribution in [0.3, 0.4) is 0 Å². The fourth-order valence-corrected chi connectivity index (χ4v) is 3.96. The number of carbonyl (C=O) groups excluding carboxylic acids is 1. The van der Waals surface area contributed by atoms with Crippen molar-refractivity contribution in [1.82, 2.24) is 4.90 Å². The predicted octanol–water partition coefficient (Wildman–Crippen LogP) is 5.07. The van der Waals surface area contributed by atoms with Gasteiger partial charge in [-0.3, -0.25) is 0 Å². The van der Waals surface area contributed by atoms with Crippen LogP contribution in [-0.2, 0) is 4.74 Å². The Bertz CT molecular complexity index is 795. The van der Waals surface area contributed by atoms with Crippen LogP contribution in [0, 0.1) is 0 Å². The maximum atomic E-state index is 13.6. The first-order valence-electron chi connectivity index (χ1n) is 10.3. The Hall–Kier alpha value is -2.38. The fourth-order valence-electron chi connectivity index (χ4n) is 3.96. The second-order valence-corrected chi connectivity index (χ2v) is 9.14. The van der Waals surface area contributed by atoms with E-state index >= 15 is 0 Å². The number of nitrogens with zero attached hydrogens (tertiary/aromatic N) is 1. The molecule has 1 N–H and O–H groups in total. The summed E-state index contributed by atoms with van der Waals surface area (Å²) in [5.74, 6) is -3.41. The van der Waals surface area contributed by atoms with Crippen LogP contribution >= 0.6 is 0 Å². The van der Waals surface area contributed by atoms with Gasteiger partial charge >= 0.3 is 12.1 Å². The van der Waals surface area contributed by atoms with Gasteiger partial charge in [-0.2, -0.15) is 0 Å². The van der Waals surface area contributed by atoms with Gasteiger partial charge in [-0.05, 0) is 63.3 Å². The number of carbonyl (C=O) groups is 2. The Kier molecular flexibility index (Phi) is 6.24. The molecule has 1 heterocycles. The quantitative estimate of drug-likeness (QED) is 0.729. The summed E-state index contributed by atoms with van der Waals surface area (Å²) in [5, 5.41) is 9.34. The topological polar surface area (TPSA) is 76.1 Å². The third-order valence-corrected chi connectivity index (χ3v) is 5.50. The minimum absolute atomic E-state index is 0.108. The van der Waals surface area contributed by atoms with E-state index in [1.165, 1.54) is 12.1 Å². The number of amides is 1. The molecule has 166 valence electrons. The Morgan fingerprint density at radius 1 is 1.17 bits per heavy atom. The van der Waals surface area contributed by atoms with Crippen LogP contribution in [0.4, 0.5) is 13.6 Å². The lowest BCUT2D eigenvalue weighted by Crippen LogP contribution is -2.36. The Labute approximate surface area is 175 Å². The molecule has 1 saturated heterocycles. The van der Waals surface area contributed by atoms with Crippen molar-refractivity contribution in [3.63, 3.8) is 0 Å². The van der Waals surface area contributed by atoms with Gasteiger partial charge in [0.05, 0.1) is 12.1 Å². The zero-order valence-corrected chi connectivity index (χ0v) is 17.6. The summed E-state index contributed by atoms with van der Waals surface area (Å²) < 4.78 is 38.7. The van der Waals surface area contributed by atoms with Crippen LogP contribution in [0.25, 0.3) is 0 Å². The van der Waals surface area contributed by atoms with Crippen LogP contribution in [-0.4, -0.2) is 52.8 Å². The van der Waals surface area contributed by atoms with Crippen molar-refractivity contribution in [3.8, 4) is 5.75 Å². The van der Waals surface area contributed by atoms with Crippen LogP contribution in [0.5, 0.6) is 5.75 Å². The molecule has 1 saturated carbocycles. The highest BCUT2D eigenvalue weighted by Crippen LogP contribution is 2.44. The van der Waals surface area contributed by atoms with Gasteiger partial charge in [0.15, 0.2) is 0 Å². The van der Waals surface area contributed by atoms with E-state index in [-0.39, 0.29) is 43.3 Å². The Morgan fingerprint density at radius 2 is 1.83 bits per heavy atom. The van der Waals surface area contributed by atoms with Crippen LogP contribution < -0.4 is 4.74 Å². The highest BCUT2D eigenvalue weighted by Gasteiger charge is 2.37. The lowest BCUT2D eigenvalue weighted by Gasteiger charge is -2.30. The smallest absolute Gasteiger partial charge is 0.410 e. The number of hydrogen-bond donors (Lipinski definition) is 1. The van der Waals surface area contributed by atoms with E-state index in [4.69, 9.17) is 9.47 Å². The standard InChI is InChI=1S/C22H29F2NO5/c1-21(2,3)30-20(28)25-11-8-16(13-25)29-18-5-4-15(19(26)27)12-17(18)14-6-9-22(23,24)10-7-14/h4-5,12,14,16H,6-11,13H2,1-3H3,(H,26,27). The number of ether oxygens (including phenoxy) is 2. The average Bonchev–Trinajstić information content (AvgIpc) is 3.09. The van der Waals surface area contributed by atoms with E-state index in [2.05, 4.69) is 0 Å². The van der Waals surface area contributed by atoms with Gasteiger partial charge in [0.2, 0.25) is 5.92 Å². The summed E-state index contributed by atoms with van der Waals surface area (Å²) in [4.78, 5) is 25.3. The summed E-state index contributed by atoms with van der Waals surface area (Å²) in [7, 11) is 0. The average molecular weight is 425 g/mol. The molecule has 1 aliphatic heterocycles. The molecule has 0 bridgehead atoms. The normalized spacial score (nSPS) is 22.0. The van der Waals surface area contributed by atoms with E-state index < -0.39 is 23.6 Å². The molecule has 1 aliphatic carbocycles. The zero-order chi connectivity index (χ0) is 22.1. The van der Waals surface area contributed by atoms with Gasteiger partial charge in [0.25, 0.3) is 0 Å². The van der Waals surface area contributed by atoms with Crippen molar-refractivity contribution in [2.45, 2.75) is 76.4 Å². The number of aromatic carboxylic acids is 1. The third kappa shape index (κ3) is 5.61. The number of rotatable bonds is 4. The monoisotopic (exact) mass is 425 g/mol. The highest BCUT2D eigenvalue weighted by atomic mass is 19.3. The SMILES string of the molecule is CC(C)(C)OC(=O)N1CCC(Oc2ccc(C(=O)O)cc2C2CCC(F)(F)CC2)C1. The molecule has 30 heavy (non-hydrogen) atoms. The summed E-state index contributed by atoms with van der Waals surface area (Å²) in [6, 6.07) is 4.59. The van der Waals surface area contributed by atoms with Crippen LogP contribution in [0.2, 0.25) is 0 Å². The second kappa shape index (κ2) is 8.40. The molecule has 0 spiro atoms. The minimum atomic E-state index is -2.67. The van der Waals surface area contributed by atoms with Crippen molar-refractivity contribution in [2.24, 2.45) is 0 Å². The molecule has 8 heteroatoms. The number of benzene rings is 1. The molecule has 2 fully saturated rings. The molecule has 0 radical (unpaired) electrons. The first-order chi connectivity index (χ1) is 13.9. The number of hydrogen-bond acceptors (Lipinski definition) is 4. The maximum absolute atomic E-state index is 13.6. The number of halogens is 2. The molecular weight excluding hydrogens is 396 g/mol. The first-order valence-corrected chi connectivity index (χ1v) is 10.3. The Morgan fingerprint density at radius 3 is 2.43 bits per heavy atom. The predicted molar refractivity (Wildman–Crippen MR) is 106 cm³/mol. The van der Waals surface area contributed by atoms with Gasteiger partial charge in [-0.15, -0.1) is 0 Å². The summed E-state index contributed by atoms with van der Waals surface area (Å²) >= 11 is 0. The largest absolute Gasteiger partial charge is 0.488 e. The van der Waals surface area contributed by atoms with Crippen molar-refractivity contribution in [2.75, 3.05) is 13.1 Å². The highest BCUT2D eigenvalue weighted by molar-refractivity contribution is 5.88. The van der Waals surface area contributed by atoms with Crippen molar-refractivity contribution >= 4 is 12.1 Å². The van der Waals surface area contributed by atoms with Gasteiger partial charge in [0.1, 0.15) is 17.5 Å². The molecule has 1 aromatic carbocycles. The lowest BCUT2D eigenvalue weighted by molar-refractivity contribution is -0.0384. The van der Waals surface area contributed by atoms with E-state index in [0.717, 1.165) is 0 Å². The molecular formula is C22H29F2NO5. The van der Waals surface area contributed by atoms with Gasteiger partial charge in [-0.1, -0.05) is 0 Å². The molecule has 1 amide bonds. The molecule has 1 unspecified atom stereocenters.